The second kappa shape index (κ2) is 6.30. The number of nitrogens with zero attached hydrogens (tertiary/aromatic N) is 4. The van der Waals surface area contributed by atoms with Gasteiger partial charge in [-0.15, -0.1) is 0 Å². The summed E-state index contributed by atoms with van der Waals surface area (Å²) in [4.78, 5) is 11.5. The van der Waals surface area contributed by atoms with E-state index in [9.17, 15) is 0 Å². The zero-order valence-corrected chi connectivity index (χ0v) is 12.8. The first-order valence-corrected chi connectivity index (χ1v) is 7.76. The molecule has 0 aromatic carbocycles. The molecule has 0 radical (unpaired) electrons. The average Bonchev–Trinajstić information content (AvgIpc) is 3.11. The highest BCUT2D eigenvalue weighted by molar-refractivity contribution is 5.65. The first-order valence-electron chi connectivity index (χ1n) is 7.76. The minimum Gasteiger partial charge on any atom is -0.369 e. The van der Waals surface area contributed by atoms with Crippen molar-refractivity contribution in [2.45, 2.75) is 19.8 Å². The normalized spacial score (nSPS) is 19.2. The van der Waals surface area contributed by atoms with Crippen molar-refractivity contribution in [2.24, 2.45) is 5.92 Å². The molecule has 1 aliphatic heterocycles. The fourth-order valence-corrected chi connectivity index (χ4v) is 2.82. The molecule has 2 N–H and O–H groups in total. The van der Waals surface area contributed by atoms with Crippen molar-refractivity contribution in [3.8, 4) is 0 Å². The first-order chi connectivity index (χ1) is 10.3. The molecule has 1 atom stereocenters. The topological polar surface area (TPSA) is 57.5 Å². The summed E-state index contributed by atoms with van der Waals surface area (Å²) in [6.07, 6.45) is 8.10. The Labute approximate surface area is 125 Å². The zero-order chi connectivity index (χ0) is 14.7. The van der Waals surface area contributed by atoms with Crippen molar-refractivity contribution >= 4 is 17.3 Å². The lowest BCUT2D eigenvalue weighted by molar-refractivity contribution is 0.399. The molecule has 21 heavy (non-hydrogen) atoms. The highest BCUT2D eigenvalue weighted by Crippen LogP contribution is 2.19. The van der Waals surface area contributed by atoms with E-state index in [-0.39, 0.29) is 0 Å². The van der Waals surface area contributed by atoms with Crippen LogP contribution in [0.25, 0.3) is 5.65 Å². The van der Waals surface area contributed by atoms with E-state index < -0.39 is 0 Å². The van der Waals surface area contributed by atoms with Crippen molar-refractivity contribution in [3.63, 3.8) is 0 Å². The monoisotopic (exact) mass is 288 g/mol. The molecule has 0 amide bonds. The van der Waals surface area contributed by atoms with Gasteiger partial charge in [-0.2, -0.15) is 0 Å². The van der Waals surface area contributed by atoms with E-state index in [1.54, 1.807) is 0 Å². The van der Waals surface area contributed by atoms with Crippen LogP contribution in [0.15, 0.2) is 18.6 Å². The SMILES string of the molecule is CCCNc1cn2ccnc2c(NCC2CCN(C)C2)n1. The van der Waals surface area contributed by atoms with Crippen molar-refractivity contribution in [3.05, 3.63) is 18.6 Å². The van der Waals surface area contributed by atoms with Gasteiger partial charge in [0.25, 0.3) is 0 Å². The van der Waals surface area contributed by atoms with Crippen molar-refractivity contribution in [1.82, 2.24) is 19.3 Å². The number of imidazole rings is 1. The molecule has 0 aliphatic carbocycles. The molecule has 1 aliphatic rings. The molecular formula is C15H24N6. The third kappa shape index (κ3) is 3.26. The van der Waals surface area contributed by atoms with Gasteiger partial charge in [-0.1, -0.05) is 6.92 Å². The Morgan fingerprint density at radius 2 is 2.29 bits per heavy atom. The number of nitrogens with one attached hydrogen (secondary N) is 2. The Morgan fingerprint density at radius 1 is 1.38 bits per heavy atom. The van der Waals surface area contributed by atoms with Crippen LogP contribution >= 0.6 is 0 Å². The first kappa shape index (κ1) is 14.1. The molecule has 114 valence electrons. The number of aromatic nitrogens is 3. The van der Waals surface area contributed by atoms with Crippen LogP contribution in [-0.2, 0) is 0 Å². The van der Waals surface area contributed by atoms with Crippen LogP contribution < -0.4 is 10.6 Å². The van der Waals surface area contributed by atoms with E-state index in [1.807, 2.05) is 23.0 Å². The van der Waals surface area contributed by atoms with Gasteiger partial charge in [0, 0.05) is 32.0 Å². The highest BCUT2D eigenvalue weighted by Gasteiger charge is 2.19. The van der Waals surface area contributed by atoms with Crippen molar-refractivity contribution < 1.29 is 0 Å². The summed E-state index contributed by atoms with van der Waals surface area (Å²) in [5.41, 5.74) is 0.892. The summed E-state index contributed by atoms with van der Waals surface area (Å²) < 4.78 is 2.02. The van der Waals surface area contributed by atoms with E-state index in [4.69, 9.17) is 0 Å². The maximum Gasteiger partial charge on any atom is 0.180 e. The average molecular weight is 288 g/mol. The van der Waals surface area contributed by atoms with E-state index >= 15 is 0 Å². The molecule has 1 unspecified atom stereocenters. The summed E-state index contributed by atoms with van der Waals surface area (Å²) in [6, 6.07) is 0. The van der Waals surface area contributed by atoms with Crippen LogP contribution in [0.3, 0.4) is 0 Å². The summed E-state index contributed by atoms with van der Waals surface area (Å²) in [5.74, 6) is 2.46. The summed E-state index contributed by atoms with van der Waals surface area (Å²) in [7, 11) is 2.18. The Kier molecular flexibility index (Phi) is 4.24. The van der Waals surface area contributed by atoms with Gasteiger partial charge in [0.15, 0.2) is 11.5 Å². The van der Waals surface area contributed by atoms with Crippen LogP contribution in [0.5, 0.6) is 0 Å². The quantitative estimate of drug-likeness (QED) is 0.850. The maximum absolute atomic E-state index is 4.67. The molecule has 2 aromatic heterocycles. The van der Waals surface area contributed by atoms with E-state index in [0.29, 0.717) is 5.92 Å². The lowest BCUT2D eigenvalue weighted by Gasteiger charge is -2.14. The maximum atomic E-state index is 4.67. The molecule has 0 bridgehead atoms. The fraction of sp³-hybridized carbons (Fsp3) is 0.600. The van der Waals surface area contributed by atoms with Gasteiger partial charge in [-0.05, 0) is 32.4 Å². The summed E-state index contributed by atoms with van der Waals surface area (Å²) in [5, 5.41) is 6.84. The molecule has 6 nitrogen and oxygen atoms in total. The lowest BCUT2D eigenvalue weighted by atomic mass is 10.1. The molecule has 2 aromatic rings. The van der Waals surface area contributed by atoms with Crippen LogP contribution in [0.4, 0.5) is 11.6 Å². The van der Waals surface area contributed by atoms with E-state index in [0.717, 1.165) is 43.3 Å². The Balaban J connectivity index is 1.74. The largest absolute Gasteiger partial charge is 0.369 e. The van der Waals surface area contributed by atoms with Gasteiger partial charge in [0.1, 0.15) is 5.82 Å². The standard InChI is InChI=1S/C15H24N6/c1-3-5-16-13-11-21-8-6-17-15(21)14(19-13)18-9-12-4-7-20(2)10-12/h6,8,11-12,16H,3-5,7,9-10H2,1-2H3,(H,18,19). The van der Waals surface area contributed by atoms with E-state index in [2.05, 4.69) is 39.5 Å². The second-order valence-corrected chi connectivity index (χ2v) is 5.86. The van der Waals surface area contributed by atoms with Crippen LogP contribution in [-0.4, -0.2) is 52.5 Å². The molecule has 6 heteroatoms. The second-order valence-electron chi connectivity index (χ2n) is 5.86. The Hall–Kier alpha value is -1.82. The number of fused-ring (bicyclic) bond motifs is 1. The van der Waals surface area contributed by atoms with Gasteiger partial charge in [0.05, 0.1) is 6.20 Å². The molecule has 1 fully saturated rings. The van der Waals surface area contributed by atoms with Gasteiger partial charge < -0.3 is 19.9 Å². The van der Waals surface area contributed by atoms with Gasteiger partial charge in [-0.3, -0.25) is 0 Å². The van der Waals surface area contributed by atoms with Crippen molar-refractivity contribution in [2.75, 3.05) is 43.9 Å². The minimum atomic E-state index is 0.694. The van der Waals surface area contributed by atoms with Gasteiger partial charge in [-0.25, -0.2) is 9.97 Å². The number of anilines is 2. The minimum absolute atomic E-state index is 0.694. The number of rotatable bonds is 6. The predicted octanol–water partition coefficient (Wildman–Crippen LogP) is 1.91. The Bertz CT molecular complexity index is 593. The molecule has 1 saturated heterocycles. The zero-order valence-electron chi connectivity index (χ0n) is 12.8. The molecular weight excluding hydrogens is 264 g/mol. The predicted molar refractivity (Wildman–Crippen MR) is 85.9 cm³/mol. The van der Waals surface area contributed by atoms with E-state index in [1.165, 1.54) is 13.0 Å². The van der Waals surface area contributed by atoms with Crippen molar-refractivity contribution in [1.29, 1.82) is 0 Å². The number of hydrogen-bond donors (Lipinski definition) is 2. The summed E-state index contributed by atoms with van der Waals surface area (Å²) in [6.45, 7) is 6.39. The third-order valence-corrected chi connectivity index (χ3v) is 3.98. The van der Waals surface area contributed by atoms with Crippen LogP contribution in [0.2, 0.25) is 0 Å². The van der Waals surface area contributed by atoms with Gasteiger partial charge >= 0.3 is 0 Å². The fourth-order valence-electron chi connectivity index (χ4n) is 2.82. The van der Waals surface area contributed by atoms with Gasteiger partial charge in [0.2, 0.25) is 0 Å². The lowest BCUT2D eigenvalue weighted by Crippen LogP contribution is -2.20. The van der Waals surface area contributed by atoms with Crippen LogP contribution in [0, 0.1) is 5.92 Å². The smallest absolute Gasteiger partial charge is 0.180 e. The molecule has 3 heterocycles. The number of hydrogen-bond acceptors (Lipinski definition) is 5. The third-order valence-electron chi connectivity index (χ3n) is 3.98. The molecule has 3 rings (SSSR count). The molecule has 0 saturated carbocycles. The molecule has 0 spiro atoms. The number of likely N-dealkylation sites (tertiary alicyclic amines) is 1. The Morgan fingerprint density at radius 3 is 3.05 bits per heavy atom. The highest BCUT2D eigenvalue weighted by atomic mass is 15.2. The van der Waals surface area contributed by atoms with Crippen LogP contribution in [0.1, 0.15) is 19.8 Å². The summed E-state index contributed by atoms with van der Waals surface area (Å²) >= 11 is 0.